The van der Waals surface area contributed by atoms with Crippen LogP contribution in [0.2, 0.25) is 0 Å². The monoisotopic (exact) mass is 388 g/mol. The maximum atomic E-state index is 13.2. The molecule has 0 aromatic rings. The van der Waals surface area contributed by atoms with Gasteiger partial charge in [0.05, 0.1) is 10.8 Å². The van der Waals surface area contributed by atoms with Crippen LogP contribution in [0.5, 0.6) is 0 Å². The lowest BCUT2D eigenvalue weighted by Crippen LogP contribution is -2.63. The molecular formula is C22H32N2O4. The van der Waals surface area contributed by atoms with Crippen LogP contribution in [0.3, 0.4) is 0 Å². The normalized spacial score (nSPS) is 41.2. The number of amides is 4. The summed E-state index contributed by atoms with van der Waals surface area (Å²) in [6, 6.07) is 0. The van der Waals surface area contributed by atoms with E-state index in [1.165, 1.54) is 9.80 Å². The molecule has 0 spiro atoms. The van der Waals surface area contributed by atoms with E-state index in [0.29, 0.717) is 12.8 Å². The first-order valence-electron chi connectivity index (χ1n) is 10.5. The van der Waals surface area contributed by atoms with Crippen molar-refractivity contribution in [3.05, 3.63) is 0 Å². The predicted octanol–water partition coefficient (Wildman–Crippen LogP) is 2.61. The first-order valence-corrected chi connectivity index (χ1v) is 10.5. The molecule has 4 rings (SSSR count). The average Bonchev–Trinajstić information content (AvgIpc) is 2.91. The Kier molecular flexibility index (Phi) is 3.81. The van der Waals surface area contributed by atoms with Crippen LogP contribution in [0.15, 0.2) is 0 Å². The summed E-state index contributed by atoms with van der Waals surface area (Å²) in [5.41, 5.74) is -1.83. The molecular weight excluding hydrogens is 356 g/mol. The van der Waals surface area contributed by atoms with E-state index in [0.717, 1.165) is 12.8 Å². The summed E-state index contributed by atoms with van der Waals surface area (Å²) < 4.78 is 0. The van der Waals surface area contributed by atoms with Crippen LogP contribution in [0.4, 0.5) is 0 Å². The fourth-order valence-electron chi connectivity index (χ4n) is 6.43. The van der Waals surface area contributed by atoms with Gasteiger partial charge in [-0.05, 0) is 36.5 Å². The van der Waals surface area contributed by atoms with Crippen LogP contribution in [-0.4, -0.2) is 46.5 Å². The van der Waals surface area contributed by atoms with Gasteiger partial charge < -0.3 is 0 Å². The highest BCUT2D eigenvalue weighted by molar-refractivity contribution is 6.05. The molecule has 4 bridgehead atoms. The molecule has 0 radical (unpaired) electrons. The molecule has 2 heterocycles. The Morgan fingerprint density at radius 3 is 1.32 bits per heavy atom. The van der Waals surface area contributed by atoms with Crippen LogP contribution in [0.1, 0.15) is 67.2 Å². The van der Waals surface area contributed by atoms with Gasteiger partial charge in [-0.15, -0.1) is 0 Å². The summed E-state index contributed by atoms with van der Waals surface area (Å²) in [7, 11) is 0. The Bertz CT molecular complexity index is 734. The summed E-state index contributed by atoms with van der Waals surface area (Å²) in [4.78, 5) is 55.1. The Morgan fingerprint density at radius 2 is 1.00 bits per heavy atom. The van der Waals surface area contributed by atoms with Crippen molar-refractivity contribution < 1.29 is 19.2 Å². The maximum Gasteiger partial charge on any atom is 0.235 e. The molecule has 0 aromatic heterocycles. The number of hydrogen-bond acceptors (Lipinski definition) is 4. The van der Waals surface area contributed by atoms with E-state index >= 15 is 0 Å². The highest BCUT2D eigenvalue weighted by atomic mass is 16.2. The molecule has 0 N–H and O–H groups in total. The summed E-state index contributed by atoms with van der Waals surface area (Å²) >= 11 is 0. The largest absolute Gasteiger partial charge is 0.280 e. The van der Waals surface area contributed by atoms with E-state index < -0.39 is 10.8 Å². The van der Waals surface area contributed by atoms with Gasteiger partial charge in [0.15, 0.2) is 0 Å². The van der Waals surface area contributed by atoms with Gasteiger partial charge in [0.25, 0.3) is 0 Å². The number of fused-ring (bicyclic) bond motifs is 4. The topological polar surface area (TPSA) is 74.8 Å². The Balaban J connectivity index is 1.56. The van der Waals surface area contributed by atoms with E-state index in [-0.39, 0.29) is 59.4 Å². The van der Waals surface area contributed by atoms with Crippen molar-refractivity contribution >= 4 is 23.6 Å². The molecule has 2 saturated heterocycles. The number of likely N-dealkylation sites (tertiary alicyclic amines) is 2. The average molecular weight is 389 g/mol. The molecule has 0 unspecified atom stereocenters. The van der Waals surface area contributed by atoms with Crippen LogP contribution >= 0.6 is 0 Å². The highest BCUT2D eigenvalue weighted by Crippen LogP contribution is 2.61. The molecule has 4 atom stereocenters. The lowest BCUT2D eigenvalue weighted by molar-refractivity contribution is -0.173. The summed E-state index contributed by atoms with van der Waals surface area (Å²) in [5.74, 6) is -0.927. The van der Waals surface area contributed by atoms with E-state index in [1.54, 1.807) is 0 Å². The fourth-order valence-corrected chi connectivity index (χ4v) is 6.43. The number of nitrogens with zero attached hydrogens (tertiary/aromatic N) is 2. The van der Waals surface area contributed by atoms with Gasteiger partial charge in [0.1, 0.15) is 0 Å². The maximum absolute atomic E-state index is 13.2. The zero-order valence-corrected chi connectivity index (χ0v) is 17.9. The van der Waals surface area contributed by atoms with Gasteiger partial charge >= 0.3 is 0 Å². The molecule has 28 heavy (non-hydrogen) atoms. The molecule has 154 valence electrons. The Morgan fingerprint density at radius 1 is 0.679 bits per heavy atom. The van der Waals surface area contributed by atoms with Crippen molar-refractivity contribution in [2.75, 3.05) is 13.1 Å². The van der Waals surface area contributed by atoms with E-state index in [1.807, 2.05) is 41.5 Å². The first kappa shape index (κ1) is 19.6. The third kappa shape index (κ3) is 1.99. The minimum Gasteiger partial charge on any atom is -0.280 e. The molecule has 4 aliphatic rings. The summed E-state index contributed by atoms with van der Waals surface area (Å²) in [6.07, 6.45) is 2.87. The van der Waals surface area contributed by atoms with E-state index in [2.05, 4.69) is 0 Å². The predicted molar refractivity (Wildman–Crippen MR) is 103 cm³/mol. The minimum atomic E-state index is -0.561. The van der Waals surface area contributed by atoms with Crippen LogP contribution in [0.25, 0.3) is 0 Å². The number of hydrogen-bond donors (Lipinski definition) is 0. The Hall–Kier alpha value is -1.72. The highest BCUT2D eigenvalue weighted by Gasteiger charge is 2.66. The van der Waals surface area contributed by atoms with Gasteiger partial charge in [-0.3, -0.25) is 29.0 Å². The van der Waals surface area contributed by atoms with Gasteiger partial charge in [-0.2, -0.15) is 0 Å². The van der Waals surface area contributed by atoms with Crippen LogP contribution < -0.4 is 0 Å². The molecule has 4 fully saturated rings. The summed E-state index contributed by atoms with van der Waals surface area (Å²) in [5, 5.41) is 0. The molecule has 2 saturated carbocycles. The quantitative estimate of drug-likeness (QED) is 0.697. The summed E-state index contributed by atoms with van der Waals surface area (Å²) in [6.45, 7) is 12.2. The number of carbonyl (C=O) groups excluding carboxylic acids is 4. The number of rotatable bonds is 3. The second kappa shape index (κ2) is 5.45. The van der Waals surface area contributed by atoms with E-state index in [4.69, 9.17) is 0 Å². The Labute approximate surface area is 167 Å². The molecule has 6 nitrogen and oxygen atoms in total. The van der Waals surface area contributed by atoms with Gasteiger partial charge in [0, 0.05) is 24.9 Å². The van der Waals surface area contributed by atoms with Gasteiger partial charge in [-0.1, -0.05) is 41.5 Å². The van der Waals surface area contributed by atoms with Crippen molar-refractivity contribution in [1.82, 2.24) is 9.80 Å². The van der Waals surface area contributed by atoms with Gasteiger partial charge in [-0.25, -0.2) is 0 Å². The zero-order valence-electron chi connectivity index (χ0n) is 17.9. The van der Waals surface area contributed by atoms with Crippen molar-refractivity contribution in [2.24, 2.45) is 33.5 Å². The SMILES string of the molecule is CC1(C)[C@H]2CC[C@@]1(C)C(=O)N(CCN1C(=O)[C@H]3CC[C@](C)(C1=O)C3(C)C)C2=O. The molecule has 2 aliphatic heterocycles. The molecule has 0 aromatic carbocycles. The second-order valence-corrected chi connectivity index (χ2v) is 10.9. The lowest BCUT2D eigenvalue weighted by atomic mass is 9.62. The fraction of sp³-hybridized carbons (Fsp3) is 0.818. The molecule has 4 amide bonds. The minimum absolute atomic E-state index is 0.112. The number of carbonyl (C=O) groups is 4. The van der Waals surface area contributed by atoms with Crippen LogP contribution in [-0.2, 0) is 19.2 Å². The zero-order chi connectivity index (χ0) is 20.9. The van der Waals surface area contributed by atoms with Crippen molar-refractivity contribution in [3.63, 3.8) is 0 Å². The standard InChI is InChI=1S/C22H32N2O4/c1-19(2)13-7-9-21(19,5)17(27)23(15(13)25)11-12-24-16(26)14-8-10-22(6,18(24)28)20(14,3)4/h13-14H,7-12H2,1-6H3/t13-,14+,21-,22+. The smallest absolute Gasteiger partial charge is 0.235 e. The molecule has 6 heteroatoms. The van der Waals surface area contributed by atoms with E-state index in [9.17, 15) is 19.2 Å². The number of imide groups is 2. The third-order valence-corrected chi connectivity index (χ3v) is 9.56. The lowest BCUT2D eigenvalue weighted by Gasteiger charge is -2.49. The van der Waals surface area contributed by atoms with Crippen molar-refractivity contribution in [1.29, 1.82) is 0 Å². The molecule has 2 aliphatic carbocycles. The van der Waals surface area contributed by atoms with Crippen LogP contribution in [0, 0.1) is 33.5 Å². The van der Waals surface area contributed by atoms with Crippen molar-refractivity contribution in [2.45, 2.75) is 67.2 Å². The second-order valence-electron chi connectivity index (χ2n) is 10.9. The van der Waals surface area contributed by atoms with Gasteiger partial charge in [0.2, 0.25) is 23.6 Å². The third-order valence-electron chi connectivity index (χ3n) is 9.56. The van der Waals surface area contributed by atoms with Crippen molar-refractivity contribution in [3.8, 4) is 0 Å². The number of piperidine rings is 2. The first-order chi connectivity index (χ1) is 12.8.